The van der Waals surface area contributed by atoms with Crippen molar-refractivity contribution in [1.82, 2.24) is 9.80 Å². The molecule has 1 aromatic carbocycles. The van der Waals surface area contributed by atoms with Crippen molar-refractivity contribution in [3.05, 3.63) is 29.8 Å². The zero-order valence-electron chi connectivity index (χ0n) is 13.4. The number of anilines is 1. The largest absolute Gasteiger partial charge is 0.325 e. The van der Waals surface area contributed by atoms with Crippen molar-refractivity contribution in [3.63, 3.8) is 0 Å². The number of amides is 1. The van der Waals surface area contributed by atoms with Crippen molar-refractivity contribution < 1.29 is 4.79 Å². The molecule has 1 heterocycles. The molecule has 0 aromatic heterocycles. The molecule has 1 saturated heterocycles. The van der Waals surface area contributed by atoms with Gasteiger partial charge in [-0.05, 0) is 37.6 Å². The Labute approximate surface area is 128 Å². The smallest absolute Gasteiger partial charge is 0.241 e. The number of carbonyl (C=O) groups excluding carboxylic acids is 1. The minimum absolute atomic E-state index is 0.0742. The van der Waals surface area contributed by atoms with Gasteiger partial charge in [0.2, 0.25) is 5.91 Å². The van der Waals surface area contributed by atoms with Crippen molar-refractivity contribution in [2.24, 2.45) is 0 Å². The lowest BCUT2D eigenvalue weighted by Gasteiger charge is -2.36. The van der Waals surface area contributed by atoms with Gasteiger partial charge < -0.3 is 10.2 Å². The van der Waals surface area contributed by atoms with E-state index < -0.39 is 0 Å². The molecule has 1 aliphatic heterocycles. The molecule has 0 unspecified atom stereocenters. The Morgan fingerprint density at radius 3 is 2.29 bits per heavy atom. The van der Waals surface area contributed by atoms with Crippen molar-refractivity contribution in [2.45, 2.75) is 33.2 Å². The number of nitrogens with one attached hydrogen (secondary N) is 1. The lowest BCUT2D eigenvalue weighted by atomic mass is 10.1. The first-order valence-corrected chi connectivity index (χ1v) is 8.00. The molecule has 0 spiro atoms. The molecule has 1 N–H and O–H groups in total. The molecule has 1 amide bonds. The van der Waals surface area contributed by atoms with E-state index in [2.05, 4.69) is 41.1 Å². The maximum absolute atomic E-state index is 12.4. The third-order valence-electron chi connectivity index (χ3n) is 4.41. The normalized spacial score (nSPS) is 18.4. The molecule has 0 radical (unpaired) electrons. The van der Waals surface area contributed by atoms with Crippen molar-refractivity contribution in [1.29, 1.82) is 0 Å². The molecule has 116 valence electrons. The van der Waals surface area contributed by atoms with Crippen molar-refractivity contribution >= 4 is 11.6 Å². The molecule has 1 aromatic rings. The van der Waals surface area contributed by atoms with Crippen LogP contribution in [0.4, 0.5) is 5.69 Å². The van der Waals surface area contributed by atoms with Crippen LogP contribution in [0.2, 0.25) is 0 Å². The molecule has 2 rings (SSSR count). The van der Waals surface area contributed by atoms with Gasteiger partial charge in [-0.25, -0.2) is 0 Å². The first-order valence-electron chi connectivity index (χ1n) is 8.00. The molecule has 1 aliphatic rings. The molecule has 1 fully saturated rings. The number of benzene rings is 1. The quantitative estimate of drug-likeness (QED) is 0.903. The summed E-state index contributed by atoms with van der Waals surface area (Å²) in [5.41, 5.74) is 2.17. The van der Waals surface area contributed by atoms with Crippen LogP contribution in [-0.4, -0.2) is 54.5 Å². The van der Waals surface area contributed by atoms with E-state index in [4.69, 9.17) is 0 Å². The summed E-state index contributed by atoms with van der Waals surface area (Å²) < 4.78 is 0. The Morgan fingerprint density at radius 1 is 1.14 bits per heavy atom. The second-order valence-electron chi connectivity index (χ2n) is 5.69. The maximum atomic E-state index is 12.4. The Morgan fingerprint density at radius 2 is 1.76 bits per heavy atom. The van der Waals surface area contributed by atoms with Crippen LogP contribution in [0.5, 0.6) is 0 Å². The number of likely N-dealkylation sites (N-methyl/N-ethyl adjacent to an activating group) is 1. The van der Waals surface area contributed by atoms with Crippen molar-refractivity contribution in [3.8, 4) is 0 Å². The van der Waals surface area contributed by atoms with Gasteiger partial charge in [0.15, 0.2) is 0 Å². The summed E-state index contributed by atoms with van der Waals surface area (Å²) in [7, 11) is 0. The van der Waals surface area contributed by atoms with Gasteiger partial charge in [0.1, 0.15) is 0 Å². The predicted molar refractivity (Wildman–Crippen MR) is 87.6 cm³/mol. The Hall–Kier alpha value is -1.39. The number of hydrogen-bond donors (Lipinski definition) is 1. The second-order valence-corrected chi connectivity index (χ2v) is 5.69. The maximum Gasteiger partial charge on any atom is 0.241 e. The van der Waals surface area contributed by atoms with Crippen LogP contribution in [0.15, 0.2) is 24.3 Å². The summed E-state index contributed by atoms with van der Waals surface area (Å²) in [6, 6.07) is 8.03. The van der Waals surface area contributed by atoms with Crippen LogP contribution >= 0.6 is 0 Å². The molecule has 1 atom stereocenters. The molecule has 0 saturated carbocycles. The third-order valence-corrected chi connectivity index (χ3v) is 4.41. The first kappa shape index (κ1) is 16.0. The van der Waals surface area contributed by atoms with Gasteiger partial charge in [0, 0.05) is 31.9 Å². The Kier molecular flexibility index (Phi) is 5.76. The van der Waals surface area contributed by atoms with E-state index >= 15 is 0 Å². The first-order chi connectivity index (χ1) is 10.1. The van der Waals surface area contributed by atoms with Crippen LogP contribution in [0, 0.1) is 0 Å². The summed E-state index contributed by atoms with van der Waals surface area (Å²) in [6.07, 6.45) is 1.02. The topological polar surface area (TPSA) is 35.6 Å². The molecular formula is C17H27N3O. The lowest BCUT2D eigenvalue weighted by Crippen LogP contribution is -2.52. The Balaban J connectivity index is 1.87. The minimum Gasteiger partial charge on any atom is -0.325 e. The summed E-state index contributed by atoms with van der Waals surface area (Å²) in [4.78, 5) is 17.0. The van der Waals surface area contributed by atoms with Crippen LogP contribution in [0.25, 0.3) is 0 Å². The molecule has 0 bridgehead atoms. The van der Waals surface area contributed by atoms with E-state index in [1.54, 1.807) is 0 Å². The van der Waals surface area contributed by atoms with Crippen molar-refractivity contribution in [2.75, 3.05) is 38.0 Å². The standard InChI is InChI=1S/C17H27N3O/c1-4-15-6-8-16(9-7-15)18-17(21)14(3)20-12-10-19(5-2)11-13-20/h6-9,14H,4-5,10-13H2,1-3H3,(H,18,21)/t14-/m1/s1. The van der Waals surface area contributed by atoms with Crippen LogP contribution in [-0.2, 0) is 11.2 Å². The molecule has 4 heteroatoms. The highest BCUT2D eigenvalue weighted by Gasteiger charge is 2.24. The van der Waals surface area contributed by atoms with E-state index in [1.165, 1.54) is 5.56 Å². The van der Waals surface area contributed by atoms with E-state index in [0.717, 1.165) is 44.8 Å². The summed E-state index contributed by atoms with van der Waals surface area (Å²) in [5.74, 6) is 0.0872. The highest BCUT2D eigenvalue weighted by molar-refractivity contribution is 5.94. The molecule has 21 heavy (non-hydrogen) atoms. The third kappa shape index (κ3) is 4.29. The van der Waals surface area contributed by atoms with Gasteiger partial charge >= 0.3 is 0 Å². The summed E-state index contributed by atoms with van der Waals surface area (Å²) in [6.45, 7) is 11.5. The zero-order valence-corrected chi connectivity index (χ0v) is 13.4. The van der Waals surface area contributed by atoms with Crippen LogP contribution in [0.3, 0.4) is 0 Å². The number of carbonyl (C=O) groups is 1. The Bertz CT molecular complexity index is 450. The minimum atomic E-state index is -0.0742. The average molecular weight is 289 g/mol. The SMILES string of the molecule is CCc1ccc(NC(=O)[C@@H](C)N2CCN(CC)CC2)cc1. The van der Waals surface area contributed by atoms with E-state index in [-0.39, 0.29) is 11.9 Å². The number of piperazine rings is 1. The van der Waals surface area contributed by atoms with Crippen LogP contribution in [0.1, 0.15) is 26.3 Å². The van der Waals surface area contributed by atoms with E-state index in [1.807, 2.05) is 19.1 Å². The number of rotatable bonds is 5. The number of aryl methyl sites for hydroxylation is 1. The lowest BCUT2D eigenvalue weighted by molar-refractivity contribution is -0.121. The van der Waals surface area contributed by atoms with Gasteiger partial charge in [0.05, 0.1) is 6.04 Å². The summed E-state index contributed by atoms with van der Waals surface area (Å²) >= 11 is 0. The van der Waals surface area contributed by atoms with Crippen LogP contribution < -0.4 is 5.32 Å². The van der Waals surface area contributed by atoms with Gasteiger partial charge in [0.25, 0.3) is 0 Å². The van der Waals surface area contributed by atoms with Gasteiger partial charge in [-0.3, -0.25) is 9.69 Å². The average Bonchev–Trinajstić information content (AvgIpc) is 2.55. The monoisotopic (exact) mass is 289 g/mol. The van der Waals surface area contributed by atoms with Gasteiger partial charge in [-0.15, -0.1) is 0 Å². The van der Waals surface area contributed by atoms with E-state index in [0.29, 0.717) is 0 Å². The highest BCUT2D eigenvalue weighted by Crippen LogP contribution is 2.12. The summed E-state index contributed by atoms with van der Waals surface area (Å²) in [5, 5.41) is 3.02. The fourth-order valence-electron chi connectivity index (χ4n) is 2.70. The zero-order chi connectivity index (χ0) is 15.2. The van der Waals surface area contributed by atoms with Gasteiger partial charge in [-0.1, -0.05) is 26.0 Å². The molecular weight excluding hydrogens is 262 g/mol. The molecule has 0 aliphatic carbocycles. The molecule has 4 nitrogen and oxygen atoms in total. The number of hydrogen-bond acceptors (Lipinski definition) is 3. The van der Waals surface area contributed by atoms with E-state index in [9.17, 15) is 4.79 Å². The fourth-order valence-corrected chi connectivity index (χ4v) is 2.70. The highest BCUT2D eigenvalue weighted by atomic mass is 16.2. The number of nitrogens with zero attached hydrogens (tertiary/aromatic N) is 2. The fraction of sp³-hybridized carbons (Fsp3) is 0.588. The van der Waals surface area contributed by atoms with Gasteiger partial charge in [-0.2, -0.15) is 0 Å². The predicted octanol–water partition coefficient (Wildman–Crippen LogP) is 2.21. The second kappa shape index (κ2) is 7.57.